The summed E-state index contributed by atoms with van der Waals surface area (Å²) in [5, 5.41) is 7.24. The van der Waals surface area contributed by atoms with Crippen molar-refractivity contribution in [1.82, 2.24) is 20.0 Å². The van der Waals surface area contributed by atoms with Crippen molar-refractivity contribution < 1.29 is 9.21 Å². The van der Waals surface area contributed by atoms with E-state index in [0.29, 0.717) is 19.1 Å². The molecule has 0 saturated carbocycles. The number of amides is 1. The molecule has 118 valence electrons. The average Bonchev–Trinajstić information content (AvgIpc) is 3.21. The van der Waals surface area contributed by atoms with E-state index in [1.165, 1.54) is 5.56 Å². The second kappa shape index (κ2) is 6.79. The summed E-state index contributed by atoms with van der Waals surface area (Å²) in [4.78, 5) is 14.3. The zero-order valence-corrected chi connectivity index (χ0v) is 12.9. The van der Waals surface area contributed by atoms with Crippen molar-refractivity contribution >= 4 is 5.91 Å². The monoisotopic (exact) mass is 302 g/mol. The Balaban J connectivity index is 1.49. The Morgan fingerprint density at radius 2 is 2.45 bits per heavy atom. The minimum atomic E-state index is 0.0416. The number of carbonyl (C=O) groups excluding carboxylic acids is 1. The van der Waals surface area contributed by atoms with Gasteiger partial charge >= 0.3 is 0 Å². The van der Waals surface area contributed by atoms with Crippen molar-refractivity contribution in [2.45, 2.75) is 38.9 Å². The summed E-state index contributed by atoms with van der Waals surface area (Å²) in [6, 6.07) is 4.07. The molecule has 1 atom stereocenters. The molecular weight excluding hydrogens is 280 g/mol. The van der Waals surface area contributed by atoms with Crippen molar-refractivity contribution in [2.75, 3.05) is 13.1 Å². The SMILES string of the molecule is Cc1cnn(CC2CCCN2CC(=O)NCc2ccco2)c1. The van der Waals surface area contributed by atoms with Gasteiger partial charge in [0.2, 0.25) is 5.91 Å². The lowest BCUT2D eigenvalue weighted by atomic mass is 10.2. The van der Waals surface area contributed by atoms with Crippen molar-refractivity contribution in [3.8, 4) is 0 Å². The predicted octanol–water partition coefficient (Wildman–Crippen LogP) is 1.57. The zero-order chi connectivity index (χ0) is 15.4. The van der Waals surface area contributed by atoms with Crippen LogP contribution in [0.1, 0.15) is 24.2 Å². The van der Waals surface area contributed by atoms with Gasteiger partial charge in [-0.05, 0) is 44.0 Å². The van der Waals surface area contributed by atoms with E-state index in [-0.39, 0.29) is 5.91 Å². The van der Waals surface area contributed by atoms with Gasteiger partial charge in [-0.15, -0.1) is 0 Å². The molecular formula is C16H22N4O2. The standard InChI is InChI=1S/C16H22N4O2/c1-13-8-18-20(10-13)11-14-4-2-6-19(14)12-16(21)17-9-15-5-3-7-22-15/h3,5,7-8,10,14H,2,4,6,9,11-12H2,1H3,(H,17,21). The quantitative estimate of drug-likeness (QED) is 0.879. The van der Waals surface area contributed by atoms with Crippen LogP contribution in [0.2, 0.25) is 0 Å². The Morgan fingerprint density at radius 1 is 1.55 bits per heavy atom. The largest absolute Gasteiger partial charge is 0.467 e. The van der Waals surface area contributed by atoms with Gasteiger partial charge in [0.1, 0.15) is 5.76 Å². The van der Waals surface area contributed by atoms with Crippen LogP contribution in [0.3, 0.4) is 0 Å². The number of aryl methyl sites for hydroxylation is 1. The molecule has 1 N–H and O–H groups in total. The summed E-state index contributed by atoms with van der Waals surface area (Å²) in [5.74, 6) is 0.818. The molecule has 1 fully saturated rings. The fourth-order valence-electron chi connectivity index (χ4n) is 2.93. The van der Waals surface area contributed by atoms with Crippen LogP contribution in [0, 0.1) is 6.92 Å². The highest BCUT2D eigenvalue weighted by molar-refractivity contribution is 5.78. The van der Waals surface area contributed by atoms with Crippen LogP contribution in [0.5, 0.6) is 0 Å². The van der Waals surface area contributed by atoms with E-state index in [1.54, 1.807) is 6.26 Å². The molecule has 0 aliphatic carbocycles. The molecule has 0 bridgehead atoms. The Labute approximate surface area is 130 Å². The molecule has 6 heteroatoms. The molecule has 22 heavy (non-hydrogen) atoms. The molecule has 0 radical (unpaired) electrons. The molecule has 1 aliphatic heterocycles. The molecule has 1 aliphatic rings. The molecule has 1 amide bonds. The number of nitrogens with one attached hydrogen (secondary N) is 1. The number of aromatic nitrogens is 2. The minimum absolute atomic E-state index is 0.0416. The molecule has 3 heterocycles. The highest BCUT2D eigenvalue weighted by atomic mass is 16.3. The molecule has 1 unspecified atom stereocenters. The fraction of sp³-hybridized carbons (Fsp3) is 0.500. The van der Waals surface area contributed by atoms with Crippen molar-refractivity contribution in [3.05, 3.63) is 42.1 Å². The summed E-state index contributed by atoms with van der Waals surface area (Å²) < 4.78 is 7.19. The van der Waals surface area contributed by atoms with Crippen LogP contribution in [-0.4, -0.2) is 39.7 Å². The first kappa shape index (κ1) is 14.8. The highest BCUT2D eigenvalue weighted by Crippen LogP contribution is 2.18. The van der Waals surface area contributed by atoms with Crippen LogP contribution < -0.4 is 5.32 Å². The maximum Gasteiger partial charge on any atom is 0.234 e. The maximum atomic E-state index is 12.1. The van der Waals surface area contributed by atoms with Crippen molar-refractivity contribution in [2.24, 2.45) is 0 Å². The van der Waals surface area contributed by atoms with E-state index in [9.17, 15) is 4.79 Å². The second-order valence-electron chi connectivity index (χ2n) is 5.86. The van der Waals surface area contributed by atoms with Crippen LogP contribution in [0.4, 0.5) is 0 Å². The van der Waals surface area contributed by atoms with E-state index in [1.807, 2.05) is 36.1 Å². The predicted molar refractivity (Wildman–Crippen MR) is 82.1 cm³/mol. The third-order valence-corrected chi connectivity index (χ3v) is 4.05. The Hall–Kier alpha value is -2.08. The zero-order valence-electron chi connectivity index (χ0n) is 12.9. The minimum Gasteiger partial charge on any atom is -0.467 e. The highest BCUT2D eigenvalue weighted by Gasteiger charge is 2.26. The number of furan rings is 1. The van der Waals surface area contributed by atoms with E-state index in [4.69, 9.17) is 4.42 Å². The van der Waals surface area contributed by atoms with Gasteiger partial charge in [-0.2, -0.15) is 5.10 Å². The molecule has 6 nitrogen and oxygen atoms in total. The number of nitrogens with zero attached hydrogens (tertiary/aromatic N) is 3. The lowest BCUT2D eigenvalue weighted by molar-refractivity contribution is -0.122. The normalized spacial score (nSPS) is 18.7. The summed E-state index contributed by atoms with van der Waals surface area (Å²) in [6.45, 7) is 4.74. The van der Waals surface area contributed by atoms with Crippen LogP contribution in [-0.2, 0) is 17.9 Å². The van der Waals surface area contributed by atoms with Gasteiger partial charge in [0, 0.05) is 12.2 Å². The summed E-state index contributed by atoms with van der Waals surface area (Å²) in [5.41, 5.74) is 1.17. The molecule has 0 spiro atoms. The Bertz CT molecular complexity index is 605. The molecule has 3 rings (SSSR count). The van der Waals surface area contributed by atoms with Gasteiger partial charge < -0.3 is 9.73 Å². The van der Waals surface area contributed by atoms with E-state index in [0.717, 1.165) is 31.7 Å². The second-order valence-corrected chi connectivity index (χ2v) is 5.86. The first-order chi connectivity index (χ1) is 10.7. The van der Waals surface area contributed by atoms with Crippen LogP contribution in [0.25, 0.3) is 0 Å². The lowest BCUT2D eigenvalue weighted by Gasteiger charge is -2.23. The topological polar surface area (TPSA) is 63.3 Å². The van der Waals surface area contributed by atoms with Gasteiger partial charge in [-0.3, -0.25) is 14.4 Å². The van der Waals surface area contributed by atoms with Gasteiger partial charge in [0.25, 0.3) is 0 Å². The van der Waals surface area contributed by atoms with Crippen LogP contribution in [0.15, 0.2) is 35.2 Å². The van der Waals surface area contributed by atoms with Crippen molar-refractivity contribution in [3.63, 3.8) is 0 Å². The van der Waals surface area contributed by atoms with Gasteiger partial charge in [-0.25, -0.2) is 0 Å². The first-order valence-corrected chi connectivity index (χ1v) is 7.73. The summed E-state index contributed by atoms with van der Waals surface area (Å²) in [6.07, 6.45) is 7.79. The van der Waals surface area contributed by atoms with E-state index < -0.39 is 0 Å². The van der Waals surface area contributed by atoms with Gasteiger partial charge in [0.15, 0.2) is 0 Å². The average molecular weight is 302 g/mol. The summed E-state index contributed by atoms with van der Waals surface area (Å²) >= 11 is 0. The molecule has 1 saturated heterocycles. The Morgan fingerprint density at radius 3 is 3.18 bits per heavy atom. The maximum absolute atomic E-state index is 12.1. The summed E-state index contributed by atoms with van der Waals surface area (Å²) in [7, 11) is 0. The molecule has 2 aromatic heterocycles. The number of hydrogen-bond acceptors (Lipinski definition) is 4. The third-order valence-electron chi connectivity index (χ3n) is 4.05. The first-order valence-electron chi connectivity index (χ1n) is 7.73. The van der Waals surface area contributed by atoms with E-state index >= 15 is 0 Å². The number of hydrogen-bond donors (Lipinski definition) is 1. The lowest BCUT2D eigenvalue weighted by Crippen LogP contribution is -2.41. The van der Waals surface area contributed by atoms with Gasteiger partial charge in [-0.1, -0.05) is 0 Å². The number of carbonyl (C=O) groups is 1. The van der Waals surface area contributed by atoms with E-state index in [2.05, 4.69) is 15.3 Å². The molecule has 2 aromatic rings. The number of likely N-dealkylation sites (tertiary alicyclic amines) is 1. The van der Waals surface area contributed by atoms with Crippen LogP contribution >= 0.6 is 0 Å². The third kappa shape index (κ3) is 3.76. The van der Waals surface area contributed by atoms with Crippen molar-refractivity contribution in [1.29, 1.82) is 0 Å². The molecule has 0 aromatic carbocycles. The van der Waals surface area contributed by atoms with Gasteiger partial charge in [0.05, 0.1) is 32.1 Å². The smallest absolute Gasteiger partial charge is 0.234 e. The number of rotatable bonds is 6. The Kier molecular flexibility index (Phi) is 4.58. The fourth-order valence-corrected chi connectivity index (χ4v) is 2.93.